The predicted molar refractivity (Wildman–Crippen MR) is 33.1 cm³/mol. The zero-order valence-corrected chi connectivity index (χ0v) is 5.65. The van der Waals surface area contributed by atoms with Crippen LogP contribution in [0.25, 0.3) is 6.58 Å². The number of alkyl halides is 3. The average molecular weight is 161 g/mol. The second kappa shape index (κ2) is 2.15. The summed E-state index contributed by atoms with van der Waals surface area (Å²) in [5, 5.41) is -0.113. The Hall–Kier alpha value is -1.19. The van der Waals surface area contributed by atoms with E-state index in [9.17, 15) is 13.2 Å². The van der Waals surface area contributed by atoms with Gasteiger partial charge < -0.3 is 4.24 Å². The van der Waals surface area contributed by atoms with Gasteiger partial charge in [0, 0.05) is 5.56 Å². The molecule has 1 aromatic rings. The highest BCUT2D eigenvalue weighted by Crippen LogP contribution is 2.25. The first-order chi connectivity index (χ1) is 4.93. The van der Waals surface area contributed by atoms with Crippen molar-refractivity contribution in [2.45, 2.75) is 6.18 Å². The van der Waals surface area contributed by atoms with Crippen LogP contribution < -0.4 is 9.59 Å². The molecule has 0 saturated heterocycles. The molecular weight excluding hydrogens is 155 g/mol. The van der Waals surface area contributed by atoms with Gasteiger partial charge in [0.05, 0.1) is 18.3 Å². The Kier molecular flexibility index (Phi) is 1.55. The van der Waals surface area contributed by atoms with E-state index in [1.165, 1.54) is 6.20 Å². The van der Waals surface area contributed by atoms with Gasteiger partial charge in [-0.3, -0.25) is 0 Å². The number of rotatable bonds is 0. The van der Waals surface area contributed by atoms with Crippen LogP contribution in [0.4, 0.5) is 13.2 Å². The monoisotopic (exact) mass is 161 g/mol. The lowest BCUT2D eigenvalue weighted by Crippen LogP contribution is -2.33. The van der Waals surface area contributed by atoms with Crippen LogP contribution in [0.1, 0.15) is 5.56 Å². The molecule has 0 N–H and O–H groups in total. The third-order valence-corrected chi connectivity index (χ3v) is 1.38. The third-order valence-electron chi connectivity index (χ3n) is 1.38. The second-order valence-corrected chi connectivity index (χ2v) is 2.14. The molecule has 0 radical (unpaired) electrons. The lowest BCUT2D eigenvalue weighted by Gasteiger charge is -2.04. The van der Waals surface area contributed by atoms with Crippen LogP contribution in [0.3, 0.4) is 0 Å². The van der Waals surface area contributed by atoms with Gasteiger partial charge in [-0.15, -0.1) is 0 Å². The maximum absolute atomic E-state index is 12.0. The highest BCUT2D eigenvalue weighted by Gasteiger charge is 2.28. The normalized spacial score (nSPS) is 11.9. The van der Waals surface area contributed by atoms with E-state index in [-0.39, 0.29) is 5.35 Å². The molecular formula is C7H6F3N. The molecule has 0 aliphatic carbocycles. The molecule has 0 saturated carbocycles. The van der Waals surface area contributed by atoms with Crippen molar-refractivity contribution in [2.24, 2.45) is 0 Å². The first kappa shape index (κ1) is 7.91. The van der Waals surface area contributed by atoms with Crippen molar-refractivity contribution >= 4 is 6.58 Å². The number of hydrogen-bond donors (Lipinski definition) is 0. The summed E-state index contributed by atoms with van der Waals surface area (Å²) < 4.78 is 37.0. The Labute approximate surface area is 61.1 Å². The highest BCUT2D eigenvalue weighted by molar-refractivity contribution is 5.14. The fourth-order valence-corrected chi connectivity index (χ4v) is 0.763. The molecule has 0 spiro atoms. The van der Waals surface area contributed by atoms with Gasteiger partial charge in [-0.1, -0.05) is 12.6 Å². The van der Waals surface area contributed by atoms with Crippen molar-refractivity contribution in [1.82, 2.24) is 0 Å². The van der Waals surface area contributed by atoms with Crippen LogP contribution in [0.2, 0.25) is 0 Å². The maximum atomic E-state index is 12.0. The van der Waals surface area contributed by atoms with E-state index < -0.39 is 11.7 Å². The van der Waals surface area contributed by atoms with Gasteiger partial charge in [-0.05, 0) is 0 Å². The zero-order chi connectivity index (χ0) is 8.65. The molecule has 11 heavy (non-hydrogen) atoms. The largest absolute Gasteiger partial charge is 0.380 e. The summed E-state index contributed by atoms with van der Waals surface area (Å²) >= 11 is 0. The molecule has 1 nitrogen and oxygen atoms in total. The molecule has 0 aliphatic heterocycles. The fourth-order valence-electron chi connectivity index (χ4n) is 0.763. The Balaban J connectivity index is 3.38. The highest BCUT2D eigenvalue weighted by atomic mass is 19.4. The summed E-state index contributed by atoms with van der Waals surface area (Å²) in [6, 6.07) is 0.954. The summed E-state index contributed by atoms with van der Waals surface area (Å²) in [6.45, 7) is 6.54. The van der Waals surface area contributed by atoms with Crippen molar-refractivity contribution in [1.29, 1.82) is 0 Å². The van der Waals surface area contributed by atoms with Gasteiger partial charge in [0.2, 0.25) is 0 Å². The molecule has 0 unspecified atom stereocenters. The van der Waals surface area contributed by atoms with Gasteiger partial charge in [0.15, 0.2) is 0 Å². The average Bonchev–Trinajstić information content (AvgIpc) is 2.11. The summed E-state index contributed by atoms with van der Waals surface area (Å²) in [6.07, 6.45) is -3.09. The molecule has 1 aromatic heterocycles. The Morgan fingerprint density at radius 3 is 2.18 bits per heavy atom. The minimum absolute atomic E-state index is 0.113. The zero-order valence-electron chi connectivity index (χ0n) is 5.65. The summed E-state index contributed by atoms with van der Waals surface area (Å²) in [5.41, 5.74) is -0.729. The molecule has 0 amide bonds. The van der Waals surface area contributed by atoms with Crippen molar-refractivity contribution in [3.8, 4) is 0 Å². The molecule has 1 rings (SSSR count). The van der Waals surface area contributed by atoms with Crippen LogP contribution in [-0.2, 0) is 6.18 Å². The molecule has 4 heteroatoms. The number of aromatic nitrogens is 1. The fraction of sp³-hybridized carbons (Fsp3) is 0.143. The smallest absolute Gasteiger partial charge is 0.302 e. The third kappa shape index (κ3) is 1.29. The van der Waals surface area contributed by atoms with E-state index in [2.05, 4.69) is 13.3 Å². The lowest BCUT2D eigenvalue weighted by atomic mass is 10.3. The topological polar surface area (TPSA) is 5.90 Å². The molecule has 0 aliphatic rings. The standard InChI is InChI=1S/C7H6F3N/c1-5-6(7(8,9)10)3-4-11(5)2/h3-4H,1-2H2. The first-order valence-electron chi connectivity index (χ1n) is 2.84. The summed E-state index contributed by atoms with van der Waals surface area (Å²) in [5.74, 6) is 0. The minimum Gasteiger partial charge on any atom is -0.302 e. The summed E-state index contributed by atoms with van der Waals surface area (Å²) in [7, 11) is 0. The van der Waals surface area contributed by atoms with E-state index in [0.29, 0.717) is 0 Å². The quantitative estimate of drug-likeness (QED) is 0.391. The molecule has 0 bridgehead atoms. The lowest BCUT2D eigenvalue weighted by molar-refractivity contribution is -0.510. The Morgan fingerprint density at radius 1 is 1.45 bits per heavy atom. The number of nitrogens with zero attached hydrogens (tertiary/aromatic N) is 1. The van der Waals surface area contributed by atoms with E-state index in [1.807, 2.05) is 0 Å². The van der Waals surface area contributed by atoms with Crippen LogP contribution in [0.15, 0.2) is 12.3 Å². The van der Waals surface area contributed by atoms with E-state index in [4.69, 9.17) is 0 Å². The molecule has 0 fully saturated rings. The summed E-state index contributed by atoms with van der Waals surface area (Å²) in [4.78, 5) is 0. The second-order valence-electron chi connectivity index (χ2n) is 2.14. The molecule has 0 atom stereocenters. The van der Waals surface area contributed by atoms with E-state index >= 15 is 0 Å². The molecule has 1 heterocycles. The van der Waals surface area contributed by atoms with Crippen molar-refractivity contribution in [2.75, 3.05) is 0 Å². The van der Waals surface area contributed by atoms with E-state index in [1.54, 1.807) is 0 Å². The van der Waals surface area contributed by atoms with Gasteiger partial charge in [0.1, 0.15) is 0 Å². The van der Waals surface area contributed by atoms with Crippen molar-refractivity contribution in [3.63, 3.8) is 0 Å². The van der Waals surface area contributed by atoms with Gasteiger partial charge in [0.25, 0.3) is 0 Å². The SMILES string of the molecule is C=c1c(C(F)(F)F)c[cH-][n+]1=C. The number of hydrogen-bond acceptors (Lipinski definition) is 0. The van der Waals surface area contributed by atoms with Gasteiger partial charge >= 0.3 is 6.18 Å². The molecule has 60 valence electrons. The van der Waals surface area contributed by atoms with Crippen LogP contribution in [0.5, 0.6) is 0 Å². The molecule has 0 aromatic carbocycles. The van der Waals surface area contributed by atoms with Crippen LogP contribution in [-0.4, -0.2) is 0 Å². The van der Waals surface area contributed by atoms with Crippen molar-refractivity contribution in [3.05, 3.63) is 29.9 Å². The minimum atomic E-state index is -4.32. The number of halogens is 3. The van der Waals surface area contributed by atoms with Crippen LogP contribution >= 0.6 is 0 Å². The Bertz CT molecular complexity index is 347. The van der Waals surface area contributed by atoms with Gasteiger partial charge in [-0.25, -0.2) is 0 Å². The van der Waals surface area contributed by atoms with Crippen molar-refractivity contribution < 1.29 is 17.4 Å². The predicted octanol–water partition coefficient (Wildman–Crippen LogP) is 0.762. The first-order valence-corrected chi connectivity index (χ1v) is 2.84. The van der Waals surface area contributed by atoms with E-state index in [0.717, 1.165) is 10.3 Å². The Morgan fingerprint density at radius 2 is 2.00 bits per heavy atom. The maximum Gasteiger partial charge on any atom is 0.380 e. The van der Waals surface area contributed by atoms with Gasteiger partial charge in [-0.2, -0.15) is 13.2 Å². The van der Waals surface area contributed by atoms with Crippen LogP contribution in [0, 0.1) is 6.72 Å².